The summed E-state index contributed by atoms with van der Waals surface area (Å²) in [5.41, 5.74) is 3.42. The van der Waals surface area contributed by atoms with E-state index in [0.29, 0.717) is 36.6 Å². The van der Waals surface area contributed by atoms with Crippen LogP contribution in [0.5, 0.6) is 0 Å². The van der Waals surface area contributed by atoms with Gasteiger partial charge >= 0.3 is 0 Å². The highest BCUT2D eigenvalue weighted by Gasteiger charge is 2.27. The van der Waals surface area contributed by atoms with E-state index in [9.17, 15) is 9.59 Å². The lowest BCUT2D eigenvalue weighted by Gasteiger charge is -2.30. The van der Waals surface area contributed by atoms with Crippen LogP contribution in [0.4, 0.5) is 11.5 Å². The molecule has 28 heavy (non-hydrogen) atoms. The molecule has 148 valence electrons. The normalized spacial score (nSPS) is 14.0. The van der Waals surface area contributed by atoms with Crippen molar-refractivity contribution < 1.29 is 9.59 Å². The van der Waals surface area contributed by atoms with Crippen molar-refractivity contribution >= 4 is 34.9 Å². The van der Waals surface area contributed by atoms with Crippen molar-refractivity contribution in [3.8, 4) is 0 Å². The summed E-state index contributed by atoms with van der Waals surface area (Å²) in [6, 6.07) is 9.44. The molecule has 1 aromatic heterocycles. The summed E-state index contributed by atoms with van der Waals surface area (Å²) in [5, 5.41) is 3.60. The first-order valence-electron chi connectivity index (χ1n) is 9.47. The molecule has 0 saturated carbocycles. The van der Waals surface area contributed by atoms with Gasteiger partial charge in [-0.2, -0.15) is 0 Å². The third-order valence-electron chi connectivity index (χ3n) is 4.64. The number of hydrogen-bond donors (Lipinski definition) is 1. The van der Waals surface area contributed by atoms with E-state index >= 15 is 0 Å². The number of anilines is 2. The van der Waals surface area contributed by atoms with E-state index in [2.05, 4.69) is 10.3 Å². The maximum absolute atomic E-state index is 12.6. The third kappa shape index (κ3) is 4.90. The Morgan fingerprint density at radius 2 is 1.89 bits per heavy atom. The van der Waals surface area contributed by atoms with Crippen molar-refractivity contribution in [2.24, 2.45) is 5.41 Å². The van der Waals surface area contributed by atoms with E-state index in [4.69, 9.17) is 11.6 Å². The van der Waals surface area contributed by atoms with Crippen LogP contribution in [0, 0.1) is 12.3 Å². The molecular weight excluding hydrogens is 374 g/mol. The minimum Gasteiger partial charge on any atom is -0.310 e. The summed E-state index contributed by atoms with van der Waals surface area (Å²) in [5.74, 6) is 0.606. The fourth-order valence-corrected chi connectivity index (χ4v) is 3.41. The molecule has 0 spiro atoms. The lowest BCUT2D eigenvalue weighted by Crippen LogP contribution is -2.35. The van der Waals surface area contributed by atoms with E-state index in [0.717, 1.165) is 22.5 Å². The quantitative estimate of drug-likeness (QED) is 0.795. The molecule has 2 aromatic rings. The number of halogens is 1. The lowest BCUT2D eigenvalue weighted by atomic mass is 9.92. The Balaban J connectivity index is 1.85. The van der Waals surface area contributed by atoms with Crippen molar-refractivity contribution in [1.82, 2.24) is 4.98 Å². The molecule has 0 aliphatic carbocycles. The van der Waals surface area contributed by atoms with Crippen molar-refractivity contribution in [3.05, 3.63) is 52.2 Å². The summed E-state index contributed by atoms with van der Waals surface area (Å²) >= 11 is 5.96. The van der Waals surface area contributed by atoms with Crippen molar-refractivity contribution in [1.29, 1.82) is 0 Å². The van der Waals surface area contributed by atoms with E-state index in [-0.39, 0.29) is 17.2 Å². The molecule has 1 aliphatic rings. The van der Waals surface area contributed by atoms with Crippen LogP contribution >= 0.6 is 11.6 Å². The number of benzene rings is 1. The van der Waals surface area contributed by atoms with Crippen LogP contribution < -0.4 is 10.2 Å². The molecule has 1 aliphatic heterocycles. The molecule has 1 N–H and O–H groups in total. The highest BCUT2D eigenvalue weighted by Crippen LogP contribution is 2.32. The van der Waals surface area contributed by atoms with Gasteiger partial charge in [-0.15, -0.1) is 0 Å². The summed E-state index contributed by atoms with van der Waals surface area (Å²) in [6.45, 7) is 8.46. The Kier molecular flexibility index (Phi) is 5.75. The largest absolute Gasteiger partial charge is 0.310 e. The van der Waals surface area contributed by atoms with Crippen molar-refractivity contribution in [2.75, 3.05) is 10.2 Å². The predicted molar refractivity (Wildman–Crippen MR) is 113 cm³/mol. The summed E-state index contributed by atoms with van der Waals surface area (Å²) < 4.78 is 0. The number of fused-ring (bicyclic) bond motifs is 1. The van der Waals surface area contributed by atoms with Gasteiger partial charge in [0.1, 0.15) is 5.82 Å². The number of hydrogen-bond acceptors (Lipinski definition) is 3. The van der Waals surface area contributed by atoms with Gasteiger partial charge in [-0.25, -0.2) is 4.98 Å². The minimum absolute atomic E-state index is 0.0482. The second-order valence-electron chi connectivity index (χ2n) is 8.51. The molecule has 5 nitrogen and oxygen atoms in total. The third-order valence-corrected chi connectivity index (χ3v) is 4.89. The van der Waals surface area contributed by atoms with Crippen LogP contribution in [-0.2, 0) is 22.6 Å². The molecule has 2 heterocycles. The molecule has 2 amide bonds. The molecule has 0 atom stereocenters. The topological polar surface area (TPSA) is 62.3 Å². The number of aryl methyl sites for hydroxylation is 2. The van der Waals surface area contributed by atoms with Gasteiger partial charge in [0, 0.05) is 24.3 Å². The second-order valence-corrected chi connectivity index (χ2v) is 8.95. The SMILES string of the molecule is Cc1cc2c(nc1NC(=O)CC(C)(C)C)CCC(=O)N2Cc1ccc(Cl)cc1. The fourth-order valence-electron chi connectivity index (χ4n) is 3.28. The summed E-state index contributed by atoms with van der Waals surface area (Å²) in [7, 11) is 0. The Morgan fingerprint density at radius 1 is 1.21 bits per heavy atom. The molecule has 0 bridgehead atoms. The summed E-state index contributed by atoms with van der Waals surface area (Å²) in [6.07, 6.45) is 1.41. The average molecular weight is 400 g/mol. The molecule has 6 heteroatoms. The number of nitrogens with one attached hydrogen (secondary N) is 1. The van der Waals surface area contributed by atoms with Crippen molar-refractivity contribution in [2.45, 2.75) is 53.5 Å². The van der Waals surface area contributed by atoms with Crippen LogP contribution in [0.15, 0.2) is 30.3 Å². The first-order valence-corrected chi connectivity index (χ1v) is 9.85. The van der Waals surface area contributed by atoms with E-state index in [1.165, 1.54) is 0 Å². The smallest absolute Gasteiger partial charge is 0.227 e. The van der Waals surface area contributed by atoms with Crippen molar-refractivity contribution in [3.63, 3.8) is 0 Å². The first kappa shape index (κ1) is 20.3. The Labute approximate surface area is 171 Å². The van der Waals surface area contributed by atoms with Crippen LogP contribution in [0.25, 0.3) is 0 Å². The molecular formula is C22H26ClN3O2. The van der Waals surface area contributed by atoms with Gasteiger partial charge < -0.3 is 10.2 Å². The number of nitrogens with zero attached hydrogens (tertiary/aromatic N) is 2. The first-order chi connectivity index (χ1) is 13.1. The van der Waals surface area contributed by atoms with Crippen LogP contribution in [0.3, 0.4) is 0 Å². The zero-order valence-electron chi connectivity index (χ0n) is 16.8. The van der Waals surface area contributed by atoms with Crippen LogP contribution in [0.2, 0.25) is 5.02 Å². The van der Waals surface area contributed by atoms with Gasteiger partial charge in [0.2, 0.25) is 11.8 Å². The van der Waals surface area contributed by atoms with E-state index in [1.54, 1.807) is 4.90 Å². The molecule has 0 unspecified atom stereocenters. The molecule has 0 saturated heterocycles. The van der Waals surface area contributed by atoms with Gasteiger partial charge in [-0.1, -0.05) is 44.5 Å². The number of rotatable bonds is 4. The molecule has 3 rings (SSSR count). The van der Waals surface area contributed by atoms with Gasteiger partial charge in [-0.3, -0.25) is 9.59 Å². The maximum atomic E-state index is 12.6. The molecule has 1 aromatic carbocycles. The Morgan fingerprint density at radius 3 is 2.54 bits per heavy atom. The maximum Gasteiger partial charge on any atom is 0.227 e. The number of aromatic nitrogens is 1. The highest BCUT2D eigenvalue weighted by atomic mass is 35.5. The second kappa shape index (κ2) is 7.92. The number of pyridine rings is 1. The van der Waals surface area contributed by atoms with E-state index in [1.807, 2.05) is 58.0 Å². The number of carbonyl (C=O) groups is 2. The van der Waals surface area contributed by atoms with Gasteiger partial charge in [-0.05, 0) is 41.7 Å². The van der Waals surface area contributed by atoms with Crippen LogP contribution in [0.1, 0.15) is 50.4 Å². The Hall–Kier alpha value is -2.40. The highest BCUT2D eigenvalue weighted by molar-refractivity contribution is 6.30. The molecule has 0 radical (unpaired) electrons. The lowest BCUT2D eigenvalue weighted by molar-refractivity contribution is -0.119. The molecule has 0 fully saturated rings. The van der Waals surface area contributed by atoms with E-state index < -0.39 is 0 Å². The zero-order valence-corrected chi connectivity index (χ0v) is 17.6. The monoisotopic (exact) mass is 399 g/mol. The van der Waals surface area contributed by atoms with Gasteiger partial charge in [0.25, 0.3) is 0 Å². The predicted octanol–water partition coefficient (Wildman–Crippen LogP) is 4.90. The fraction of sp³-hybridized carbons (Fsp3) is 0.409. The number of amides is 2. The minimum atomic E-state index is -0.0893. The number of carbonyl (C=O) groups excluding carboxylic acids is 2. The van der Waals surface area contributed by atoms with Gasteiger partial charge in [0.15, 0.2) is 0 Å². The average Bonchev–Trinajstić information content (AvgIpc) is 2.59. The summed E-state index contributed by atoms with van der Waals surface area (Å²) in [4.78, 5) is 31.3. The Bertz CT molecular complexity index is 901. The van der Waals surface area contributed by atoms with Crippen LogP contribution in [-0.4, -0.2) is 16.8 Å². The standard InChI is InChI=1S/C22H26ClN3O2/c1-14-11-18-17(24-21(14)25-19(27)12-22(2,3)4)9-10-20(28)26(18)13-15-5-7-16(23)8-6-15/h5-8,11H,9-10,12-13H2,1-4H3,(H,24,25,27). The zero-order chi connectivity index (χ0) is 20.5. The van der Waals surface area contributed by atoms with Gasteiger partial charge in [0.05, 0.1) is 17.9 Å².